The fourth-order valence-electron chi connectivity index (χ4n) is 6.27. The summed E-state index contributed by atoms with van der Waals surface area (Å²) in [5.41, 5.74) is 12.9. The first-order valence-electron chi connectivity index (χ1n) is 14.4. The van der Waals surface area contributed by atoms with Gasteiger partial charge in [-0.15, -0.1) is 0 Å². The molecule has 0 unspecified atom stereocenters. The number of aryl methyl sites for hydroxylation is 3. The minimum atomic E-state index is 0.566. The zero-order chi connectivity index (χ0) is 27.6. The Bertz CT molecular complexity index is 1840. The van der Waals surface area contributed by atoms with Crippen LogP contribution in [0, 0.1) is 6.92 Å². The van der Waals surface area contributed by atoms with Crippen LogP contribution in [0.2, 0.25) is 0 Å². The van der Waals surface area contributed by atoms with Gasteiger partial charge in [0.2, 0.25) is 0 Å². The van der Waals surface area contributed by atoms with Crippen LogP contribution in [0.3, 0.4) is 0 Å². The van der Waals surface area contributed by atoms with Crippen LogP contribution >= 0.6 is 0 Å². The lowest BCUT2D eigenvalue weighted by Gasteiger charge is -2.24. The van der Waals surface area contributed by atoms with Gasteiger partial charge in [0.15, 0.2) is 0 Å². The van der Waals surface area contributed by atoms with Gasteiger partial charge < -0.3 is 4.74 Å². The smallest absolute Gasteiger partial charge is 0.0719 e. The molecule has 0 aliphatic rings. The Morgan fingerprint density at radius 2 is 1.10 bits per heavy atom. The average Bonchev–Trinajstić information content (AvgIpc) is 2.99. The molecule has 0 spiro atoms. The molecule has 0 radical (unpaired) electrons. The van der Waals surface area contributed by atoms with Gasteiger partial charge in [0.25, 0.3) is 0 Å². The van der Waals surface area contributed by atoms with E-state index < -0.39 is 0 Å². The Morgan fingerprint density at radius 1 is 0.500 bits per heavy atom. The average molecular weight is 521 g/mol. The van der Waals surface area contributed by atoms with Crippen molar-refractivity contribution in [2.75, 3.05) is 7.11 Å². The highest BCUT2D eigenvalue weighted by Crippen LogP contribution is 2.48. The van der Waals surface area contributed by atoms with Gasteiger partial charge in [0.05, 0.1) is 6.61 Å². The monoisotopic (exact) mass is 520 g/mol. The normalized spacial score (nSPS) is 11.4. The Balaban J connectivity index is 1.87. The van der Waals surface area contributed by atoms with Crippen LogP contribution in [0.15, 0.2) is 109 Å². The van der Waals surface area contributed by atoms with Crippen LogP contribution < -0.4 is 0 Å². The summed E-state index contributed by atoms with van der Waals surface area (Å²) in [7, 11) is 1.79. The van der Waals surface area contributed by atoms with Crippen LogP contribution in [0.5, 0.6) is 0 Å². The van der Waals surface area contributed by atoms with E-state index in [9.17, 15) is 0 Å². The first-order chi connectivity index (χ1) is 19.6. The van der Waals surface area contributed by atoms with Gasteiger partial charge in [-0.25, -0.2) is 0 Å². The molecule has 1 nitrogen and oxygen atoms in total. The van der Waals surface area contributed by atoms with Crippen molar-refractivity contribution < 1.29 is 4.74 Å². The number of methoxy groups -OCH3 is 1. The molecule has 0 heterocycles. The Labute approximate surface area is 238 Å². The second kappa shape index (κ2) is 11.1. The molecule has 0 saturated heterocycles. The maximum atomic E-state index is 5.77. The molecule has 6 aromatic carbocycles. The maximum absolute atomic E-state index is 5.77. The summed E-state index contributed by atoms with van der Waals surface area (Å²) < 4.78 is 5.77. The summed E-state index contributed by atoms with van der Waals surface area (Å²) in [6.07, 6.45) is 1.95. The molecule has 0 fully saturated rings. The minimum absolute atomic E-state index is 0.566. The van der Waals surface area contributed by atoms with Crippen molar-refractivity contribution >= 4 is 21.5 Å². The van der Waals surface area contributed by atoms with Gasteiger partial charge in [-0.1, -0.05) is 110 Å². The molecule has 198 valence electrons. The molecule has 0 N–H and O–H groups in total. The van der Waals surface area contributed by atoms with Crippen LogP contribution in [-0.2, 0) is 24.2 Å². The molecular formula is C39H36O. The van der Waals surface area contributed by atoms with Crippen molar-refractivity contribution in [3.63, 3.8) is 0 Å². The van der Waals surface area contributed by atoms with Crippen molar-refractivity contribution in [1.29, 1.82) is 0 Å². The van der Waals surface area contributed by atoms with Crippen LogP contribution in [0.4, 0.5) is 0 Å². The second-order valence-electron chi connectivity index (χ2n) is 10.7. The highest BCUT2D eigenvalue weighted by molar-refractivity contribution is 6.14. The van der Waals surface area contributed by atoms with E-state index in [0.717, 1.165) is 12.8 Å². The van der Waals surface area contributed by atoms with E-state index in [2.05, 4.69) is 130 Å². The van der Waals surface area contributed by atoms with Crippen LogP contribution in [-0.4, -0.2) is 7.11 Å². The predicted molar refractivity (Wildman–Crippen MR) is 172 cm³/mol. The Hall–Kier alpha value is -4.20. The number of ether oxygens (including phenoxy) is 1. The first-order valence-corrected chi connectivity index (χ1v) is 14.4. The first kappa shape index (κ1) is 26.0. The molecule has 0 aliphatic heterocycles. The molecule has 0 bridgehead atoms. The molecule has 0 aliphatic carbocycles. The van der Waals surface area contributed by atoms with E-state index in [0.29, 0.717) is 6.61 Å². The number of hydrogen-bond donors (Lipinski definition) is 0. The lowest BCUT2D eigenvalue weighted by Crippen LogP contribution is -2.00. The fraction of sp³-hybridized carbons (Fsp3) is 0.179. The molecule has 0 amide bonds. The molecule has 40 heavy (non-hydrogen) atoms. The molecule has 0 atom stereocenters. The minimum Gasteiger partial charge on any atom is -0.380 e. The van der Waals surface area contributed by atoms with E-state index >= 15 is 0 Å². The molecular weight excluding hydrogens is 484 g/mol. The summed E-state index contributed by atoms with van der Waals surface area (Å²) in [4.78, 5) is 0. The summed E-state index contributed by atoms with van der Waals surface area (Å²) >= 11 is 0. The molecule has 6 rings (SSSR count). The van der Waals surface area contributed by atoms with Crippen molar-refractivity contribution in [2.24, 2.45) is 0 Å². The maximum Gasteiger partial charge on any atom is 0.0719 e. The van der Waals surface area contributed by atoms with E-state index in [4.69, 9.17) is 4.74 Å². The van der Waals surface area contributed by atoms with Gasteiger partial charge in [0.1, 0.15) is 0 Å². The van der Waals surface area contributed by atoms with Gasteiger partial charge in [0, 0.05) is 7.11 Å². The SMILES string of the molecule is CCc1ccccc1-c1cc2cc3ccccc3cc2c(-c2ccc(C)cc2COC)c1-c1ccccc1CC. The molecule has 1 heteroatoms. The van der Waals surface area contributed by atoms with Crippen molar-refractivity contribution in [3.05, 3.63) is 131 Å². The Kier molecular flexibility index (Phi) is 7.24. The van der Waals surface area contributed by atoms with Gasteiger partial charge in [-0.2, -0.15) is 0 Å². The zero-order valence-electron chi connectivity index (χ0n) is 23.9. The molecule has 6 aromatic rings. The van der Waals surface area contributed by atoms with E-state index in [1.54, 1.807) is 7.11 Å². The standard InChI is InChI=1S/C39H36O/c1-5-27-13-9-11-17-33(27)37-24-31-22-29-15-7-8-16-30(29)23-36(31)38(35-20-19-26(3)21-32(35)25-40-4)39(37)34-18-12-10-14-28(34)6-2/h7-24H,5-6,25H2,1-4H3. The fourth-order valence-corrected chi connectivity index (χ4v) is 6.27. The third kappa shape index (κ3) is 4.61. The van der Waals surface area contributed by atoms with Crippen LogP contribution in [0.25, 0.3) is 54.9 Å². The highest BCUT2D eigenvalue weighted by atomic mass is 16.5. The van der Waals surface area contributed by atoms with E-state index in [-0.39, 0.29) is 0 Å². The summed E-state index contributed by atoms with van der Waals surface area (Å²) in [6, 6.07) is 40.6. The quantitative estimate of drug-likeness (QED) is 0.190. The summed E-state index contributed by atoms with van der Waals surface area (Å²) in [5, 5.41) is 5.06. The van der Waals surface area contributed by atoms with Gasteiger partial charge in [-0.05, 0) is 110 Å². The van der Waals surface area contributed by atoms with E-state index in [1.165, 1.54) is 77.2 Å². The Morgan fingerprint density at radius 3 is 1.80 bits per heavy atom. The van der Waals surface area contributed by atoms with E-state index in [1.807, 2.05) is 0 Å². The van der Waals surface area contributed by atoms with Crippen molar-refractivity contribution in [2.45, 2.75) is 40.2 Å². The second-order valence-corrected chi connectivity index (χ2v) is 10.7. The topological polar surface area (TPSA) is 9.23 Å². The number of rotatable bonds is 7. The zero-order valence-corrected chi connectivity index (χ0v) is 23.9. The molecule has 0 saturated carbocycles. The summed E-state index contributed by atoms with van der Waals surface area (Å²) in [5.74, 6) is 0. The third-order valence-electron chi connectivity index (χ3n) is 8.19. The molecule has 0 aromatic heterocycles. The predicted octanol–water partition coefficient (Wildman–Crippen LogP) is 10.6. The van der Waals surface area contributed by atoms with Gasteiger partial charge in [-0.3, -0.25) is 0 Å². The summed E-state index contributed by atoms with van der Waals surface area (Å²) in [6.45, 7) is 7.24. The number of hydrogen-bond acceptors (Lipinski definition) is 1. The number of fused-ring (bicyclic) bond motifs is 2. The highest BCUT2D eigenvalue weighted by Gasteiger charge is 2.23. The number of benzene rings is 6. The lowest BCUT2D eigenvalue weighted by molar-refractivity contribution is 0.185. The third-order valence-corrected chi connectivity index (χ3v) is 8.19. The van der Waals surface area contributed by atoms with Crippen LogP contribution in [0.1, 0.15) is 36.1 Å². The van der Waals surface area contributed by atoms with Crippen molar-refractivity contribution in [1.82, 2.24) is 0 Å². The van der Waals surface area contributed by atoms with Gasteiger partial charge >= 0.3 is 0 Å². The van der Waals surface area contributed by atoms with Crippen molar-refractivity contribution in [3.8, 4) is 33.4 Å². The largest absolute Gasteiger partial charge is 0.380 e. The lowest BCUT2D eigenvalue weighted by atomic mass is 9.79.